The van der Waals surface area contributed by atoms with E-state index < -0.39 is 15.6 Å². The maximum Gasteiger partial charge on any atom is 0.307 e. The molecule has 1 aliphatic heterocycles. The van der Waals surface area contributed by atoms with Crippen LogP contribution in [0.4, 0.5) is 0 Å². The normalized spacial score (nSPS) is 17.8. The first-order valence-electron chi connectivity index (χ1n) is 14.9. The van der Waals surface area contributed by atoms with Crippen LogP contribution in [0.5, 0.6) is 0 Å². The van der Waals surface area contributed by atoms with Crippen molar-refractivity contribution < 1.29 is 17.9 Å². The lowest BCUT2D eigenvalue weighted by Gasteiger charge is -2.26. The van der Waals surface area contributed by atoms with Crippen molar-refractivity contribution in [3.8, 4) is 0 Å². The van der Waals surface area contributed by atoms with E-state index in [0.717, 1.165) is 38.9 Å². The number of benzene rings is 2. The Bertz CT molecular complexity index is 1770. The average molecular weight is 604 g/mol. The van der Waals surface area contributed by atoms with Crippen molar-refractivity contribution in [1.82, 2.24) is 24.3 Å². The van der Waals surface area contributed by atoms with Crippen LogP contribution in [0.25, 0.3) is 11.0 Å². The summed E-state index contributed by atoms with van der Waals surface area (Å²) in [7, 11) is -3.74. The number of hydrogen-bond donors (Lipinski definition) is 0. The van der Waals surface area contributed by atoms with Crippen molar-refractivity contribution >= 4 is 27.0 Å². The Kier molecular flexibility index (Phi) is 8.46. The number of hydrogen-bond acceptors (Lipinski definition) is 7. The number of fused-ring (bicyclic) bond motifs is 2. The standard InChI is InChI=1S/C33H41N5O4S/c1-8-38-29-14-13-26(23(4)32(29)35-36-38)27(18-31(39)42-33(5,6)7)24-12-11-22(3)25(17-24)20-37-19-21(2)16-28-30(43(37,40)41)10-9-15-34-28/h9-15,17,21,27H,8,16,18-20H2,1-7H3/t21-,27-/m0/s1. The summed E-state index contributed by atoms with van der Waals surface area (Å²) in [5.41, 5.74) is 6.46. The molecular weight excluding hydrogens is 562 g/mol. The Morgan fingerprint density at radius 1 is 1.14 bits per heavy atom. The van der Waals surface area contributed by atoms with Gasteiger partial charge >= 0.3 is 5.97 Å². The molecule has 0 radical (unpaired) electrons. The van der Waals surface area contributed by atoms with Crippen molar-refractivity contribution in [2.24, 2.45) is 5.92 Å². The second-order valence-corrected chi connectivity index (χ2v) is 14.5. The molecule has 0 N–H and O–H groups in total. The van der Waals surface area contributed by atoms with Gasteiger partial charge in [-0.05, 0) is 99.9 Å². The van der Waals surface area contributed by atoms with Crippen molar-refractivity contribution in [3.05, 3.63) is 82.2 Å². The summed E-state index contributed by atoms with van der Waals surface area (Å²) >= 11 is 0. The molecule has 0 aliphatic carbocycles. The van der Waals surface area contributed by atoms with Crippen LogP contribution in [0.15, 0.2) is 53.6 Å². The van der Waals surface area contributed by atoms with Gasteiger partial charge in [0.15, 0.2) is 0 Å². The van der Waals surface area contributed by atoms with Crippen LogP contribution < -0.4 is 0 Å². The summed E-state index contributed by atoms with van der Waals surface area (Å²) in [6.45, 7) is 15.0. The number of aromatic nitrogens is 4. The number of aryl methyl sites for hydroxylation is 3. The first-order valence-corrected chi connectivity index (χ1v) is 16.3. The van der Waals surface area contributed by atoms with Gasteiger partial charge in [0.05, 0.1) is 17.6 Å². The van der Waals surface area contributed by atoms with Crippen molar-refractivity contribution in [3.63, 3.8) is 0 Å². The van der Waals surface area contributed by atoms with Crippen LogP contribution in [0, 0.1) is 19.8 Å². The van der Waals surface area contributed by atoms with Crippen LogP contribution in [0.2, 0.25) is 0 Å². The molecule has 0 bridgehead atoms. The number of rotatable bonds is 7. The number of sulfonamides is 1. The third-order valence-corrected chi connectivity index (χ3v) is 9.98. The predicted molar refractivity (Wildman–Crippen MR) is 166 cm³/mol. The van der Waals surface area contributed by atoms with E-state index in [-0.39, 0.29) is 35.7 Å². The van der Waals surface area contributed by atoms with E-state index in [1.807, 2.05) is 76.6 Å². The van der Waals surface area contributed by atoms with Gasteiger partial charge in [0.2, 0.25) is 10.0 Å². The van der Waals surface area contributed by atoms with E-state index in [1.165, 1.54) is 0 Å². The second kappa shape index (κ2) is 11.8. The summed E-state index contributed by atoms with van der Waals surface area (Å²) in [4.78, 5) is 17.9. The van der Waals surface area contributed by atoms with Crippen LogP contribution in [0.1, 0.15) is 80.5 Å². The largest absolute Gasteiger partial charge is 0.460 e. The van der Waals surface area contributed by atoms with E-state index in [1.54, 1.807) is 22.6 Å². The van der Waals surface area contributed by atoms with Gasteiger partial charge in [0.25, 0.3) is 0 Å². The maximum atomic E-state index is 13.8. The minimum absolute atomic E-state index is 0.111. The minimum atomic E-state index is -3.74. The van der Waals surface area contributed by atoms with Gasteiger partial charge in [0, 0.05) is 31.7 Å². The van der Waals surface area contributed by atoms with E-state index in [4.69, 9.17) is 4.74 Å². The number of nitrogens with zero attached hydrogens (tertiary/aromatic N) is 5. The highest BCUT2D eigenvalue weighted by Crippen LogP contribution is 2.36. The first kappa shape index (κ1) is 30.8. The molecule has 2 aromatic heterocycles. The molecule has 2 atom stereocenters. The fourth-order valence-electron chi connectivity index (χ4n) is 5.96. The van der Waals surface area contributed by atoms with E-state index in [9.17, 15) is 13.2 Å². The minimum Gasteiger partial charge on any atom is -0.460 e. The molecule has 228 valence electrons. The Morgan fingerprint density at radius 3 is 2.63 bits per heavy atom. The molecule has 4 aromatic rings. The molecule has 0 fully saturated rings. The smallest absolute Gasteiger partial charge is 0.307 e. The number of esters is 1. The summed E-state index contributed by atoms with van der Waals surface area (Å²) in [6, 6.07) is 13.5. The van der Waals surface area contributed by atoms with Gasteiger partial charge in [-0.3, -0.25) is 9.78 Å². The predicted octanol–water partition coefficient (Wildman–Crippen LogP) is 5.71. The molecule has 0 saturated carbocycles. The van der Waals surface area contributed by atoms with Crippen LogP contribution in [-0.2, 0) is 39.1 Å². The highest BCUT2D eigenvalue weighted by molar-refractivity contribution is 7.89. The lowest BCUT2D eigenvalue weighted by atomic mass is 9.84. The number of ether oxygens (including phenoxy) is 1. The van der Waals surface area contributed by atoms with Gasteiger partial charge in [-0.15, -0.1) is 5.10 Å². The number of pyridine rings is 1. The molecule has 43 heavy (non-hydrogen) atoms. The fraction of sp³-hybridized carbons (Fsp3) is 0.455. The third kappa shape index (κ3) is 6.35. The Morgan fingerprint density at radius 2 is 1.91 bits per heavy atom. The Labute approximate surface area is 254 Å². The highest BCUT2D eigenvalue weighted by Gasteiger charge is 2.33. The van der Waals surface area contributed by atoms with E-state index >= 15 is 0 Å². The molecule has 9 nitrogen and oxygen atoms in total. The van der Waals surface area contributed by atoms with Gasteiger partial charge in [-0.25, -0.2) is 13.1 Å². The van der Waals surface area contributed by atoms with E-state index in [0.29, 0.717) is 25.2 Å². The van der Waals surface area contributed by atoms with Crippen LogP contribution in [0.3, 0.4) is 0 Å². The monoisotopic (exact) mass is 603 g/mol. The summed E-state index contributed by atoms with van der Waals surface area (Å²) < 4.78 is 36.8. The van der Waals surface area contributed by atoms with E-state index in [2.05, 4.69) is 22.2 Å². The van der Waals surface area contributed by atoms with Crippen LogP contribution in [-0.4, -0.2) is 50.8 Å². The zero-order chi connectivity index (χ0) is 31.1. The first-order chi connectivity index (χ1) is 20.3. The van der Waals surface area contributed by atoms with Crippen molar-refractivity contribution in [2.45, 2.75) is 90.8 Å². The summed E-state index contributed by atoms with van der Waals surface area (Å²) in [5.74, 6) is -0.514. The Balaban J connectivity index is 1.57. The molecule has 0 unspecified atom stereocenters. The SMILES string of the molecule is CCn1nnc2c(C)c([C@@H](CC(=O)OC(C)(C)C)c3ccc(C)c(CN4C[C@@H](C)Cc5ncccc5S4(=O)=O)c3)ccc21. The lowest BCUT2D eigenvalue weighted by molar-refractivity contribution is -0.155. The van der Waals surface area contributed by atoms with Crippen LogP contribution >= 0.6 is 0 Å². The molecule has 2 aromatic carbocycles. The topological polar surface area (TPSA) is 107 Å². The molecule has 0 saturated heterocycles. The third-order valence-electron chi connectivity index (χ3n) is 8.09. The summed E-state index contributed by atoms with van der Waals surface area (Å²) in [5, 5.41) is 8.74. The lowest BCUT2D eigenvalue weighted by Crippen LogP contribution is -2.33. The van der Waals surface area contributed by atoms with Crippen molar-refractivity contribution in [2.75, 3.05) is 6.54 Å². The second-order valence-electron chi connectivity index (χ2n) is 12.6. The molecule has 5 rings (SSSR count). The molecule has 10 heteroatoms. The highest BCUT2D eigenvalue weighted by atomic mass is 32.2. The zero-order valence-electron chi connectivity index (χ0n) is 26.1. The van der Waals surface area contributed by atoms with Crippen molar-refractivity contribution in [1.29, 1.82) is 0 Å². The van der Waals surface area contributed by atoms with Gasteiger partial charge in [-0.1, -0.05) is 36.4 Å². The molecule has 3 heterocycles. The van der Waals surface area contributed by atoms with Gasteiger partial charge in [0.1, 0.15) is 16.0 Å². The molecular formula is C33H41N5O4S. The van der Waals surface area contributed by atoms with Gasteiger partial charge in [-0.2, -0.15) is 4.31 Å². The summed E-state index contributed by atoms with van der Waals surface area (Å²) in [6.07, 6.45) is 2.39. The average Bonchev–Trinajstić information content (AvgIpc) is 3.32. The quantitative estimate of drug-likeness (QED) is 0.249. The fourth-order valence-corrected chi connectivity index (χ4v) is 7.68. The maximum absolute atomic E-state index is 13.8. The van der Waals surface area contributed by atoms with Gasteiger partial charge < -0.3 is 4.74 Å². The Hall–Kier alpha value is -3.63. The number of carbonyl (C=O) groups excluding carboxylic acids is 1. The number of carbonyl (C=O) groups is 1. The molecule has 0 spiro atoms. The zero-order valence-corrected chi connectivity index (χ0v) is 26.9. The molecule has 1 aliphatic rings. The molecule has 0 amide bonds.